The molecule has 0 amide bonds. The highest BCUT2D eigenvalue weighted by Crippen LogP contribution is 2.21. The van der Waals surface area contributed by atoms with Gasteiger partial charge in [-0.2, -0.15) is 0 Å². The van der Waals surface area contributed by atoms with Gasteiger partial charge in [-0.3, -0.25) is 0 Å². The van der Waals surface area contributed by atoms with Crippen molar-refractivity contribution < 1.29 is 12.8 Å². The normalized spacial score (nSPS) is 11.2. The molecule has 1 aromatic carbocycles. The molecule has 0 heterocycles. The van der Waals surface area contributed by atoms with Crippen LogP contribution < -0.4 is 10.5 Å². The molecule has 0 fully saturated rings. The van der Waals surface area contributed by atoms with Crippen LogP contribution in [0.1, 0.15) is 5.56 Å². The van der Waals surface area contributed by atoms with Crippen LogP contribution in [0.5, 0.6) is 0 Å². The van der Waals surface area contributed by atoms with Crippen molar-refractivity contribution in [2.75, 3.05) is 23.8 Å². The fraction of sp³-hybridized carbons (Fsp3) is 0.333. The molecule has 7 heteroatoms. The summed E-state index contributed by atoms with van der Waals surface area (Å²) >= 11 is 1.45. The largest absolute Gasteiger partial charge is 0.396 e. The molecular formula is C12H15FN2O2S2. The number of nitrogen functional groups attached to an aromatic ring is 1. The lowest BCUT2D eigenvalue weighted by atomic mass is 10.2. The molecule has 0 saturated carbocycles. The number of benzene rings is 1. The van der Waals surface area contributed by atoms with Gasteiger partial charge in [-0.1, -0.05) is 5.92 Å². The van der Waals surface area contributed by atoms with Crippen LogP contribution in [0.2, 0.25) is 0 Å². The van der Waals surface area contributed by atoms with Crippen molar-refractivity contribution in [1.82, 2.24) is 4.72 Å². The SMILES string of the molecule is C#CCSCCNS(=O)(=O)c1cc(N)c(F)cc1C. The van der Waals surface area contributed by atoms with E-state index in [1.54, 1.807) is 0 Å². The molecule has 1 aromatic rings. The fourth-order valence-corrected chi connectivity index (χ4v) is 3.34. The fourth-order valence-electron chi connectivity index (χ4n) is 1.42. The Hall–Kier alpha value is -1.23. The summed E-state index contributed by atoms with van der Waals surface area (Å²) in [5, 5.41) is 0. The van der Waals surface area contributed by atoms with Gasteiger partial charge in [0.1, 0.15) is 5.82 Å². The monoisotopic (exact) mass is 302 g/mol. The van der Waals surface area contributed by atoms with Crippen molar-refractivity contribution >= 4 is 27.5 Å². The number of nitrogens with one attached hydrogen (secondary N) is 1. The third kappa shape index (κ3) is 4.42. The quantitative estimate of drug-likeness (QED) is 0.473. The van der Waals surface area contributed by atoms with Crippen LogP contribution in [-0.4, -0.2) is 26.5 Å². The zero-order valence-electron chi connectivity index (χ0n) is 10.4. The topological polar surface area (TPSA) is 72.2 Å². The van der Waals surface area contributed by atoms with Crippen LogP contribution in [0.25, 0.3) is 0 Å². The summed E-state index contributed by atoms with van der Waals surface area (Å²) in [6.45, 7) is 1.77. The number of sulfonamides is 1. The first-order valence-corrected chi connectivity index (χ1v) is 8.08. The molecule has 104 valence electrons. The van der Waals surface area contributed by atoms with E-state index >= 15 is 0 Å². The highest BCUT2D eigenvalue weighted by Gasteiger charge is 2.18. The molecule has 0 aromatic heterocycles. The Morgan fingerprint density at radius 1 is 1.53 bits per heavy atom. The Morgan fingerprint density at radius 3 is 2.84 bits per heavy atom. The number of anilines is 1. The van der Waals surface area contributed by atoms with Crippen LogP contribution in [0.3, 0.4) is 0 Å². The molecule has 0 spiro atoms. The molecule has 1 rings (SSSR count). The first-order valence-electron chi connectivity index (χ1n) is 5.45. The summed E-state index contributed by atoms with van der Waals surface area (Å²) in [5.74, 6) is 2.92. The summed E-state index contributed by atoms with van der Waals surface area (Å²) < 4.78 is 39.6. The zero-order valence-corrected chi connectivity index (χ0v) is 12.1. The maximum atomic E-state index is 13.2. The standard InChI is InChI=1S/C12H15FN2O2S2/c1-3-5-18-6-4-15-19(16,17)12-8-11(14)10(13)7-9(12)2/h1,7-8,15H,4-6,14H2,2H3. The third-order valence-corrected chi connectivity index (χ3v) is 4.77. The minimum atomic E-state index is -3.68. The summed E-state index contributed by atoms with van der Waals surface area (Å²) in [5.41, 5.74) is 5.52. The van der Waals surface area contributed by atoms with Gasteiger partial charge in [-0.25, -0.2) is 17.5 Å². The number of hydrogen-bond donors (Lipinski definition) is 2. The van der Waals surface area contributed by atoms with E-state index in [1.807, 2.05) is 0 Å². The first-order chi connectivity index (χ1) is 8.88. The molecule has 3 N–H and O–H groups in total. The van der Waals surface area contributed by atoms with Crippen molar-refractivity contribution in [2.24, 2.45) is 0 Å². The second-order valence-corrected chi connectivity index (χ2v) is 6.63. The lowest BCUT2D eigenvalue weighted by molar-refractivity contribution is 0.582. The number of nitrogens with two attached hydrogens (primary N) is 1. The van der Waals surface area contributed by atoms with E-state index in [0.717, 1.165) is 12.1 Å². The van der Waals surface area contributed by atoms with E-state index < -0.39 is 15.8 Å². The Morgan fingerprint density at radius 2 is 2.21 bits per heavy atom. The van der Waals surface area contributed by atoms with Gasteiger partial charge in [0.2, 0.25) is 10.0 Å². The van der Waals surface area contributed by atoms with Crippen LogP contribution in [0, 0.1) is 25.1 Å². The molecule has 0 unspecified atom stereocenters. The molecule has 0 bridgehead atoms. The van der Waals surface area contributed by atoms with Gasteiger partial charge in [0.15, 0.2) is 0 Å². The second-order valence-electron chi connectivity index (χ2n) is 3.79. The third-order valence-electron chi connectivity index (χ3n) is 2.31. The van der Waals surface area contributed by atoms with Crippen molar-refractivity contribution in [3.8, 4) is 12.3 Å². The lowest BCUT2D eigenvalue weighted by Gasteiger charge is -2.10. The van der Waals surface area contributed by atoms with Crippen LogP contribution in [0.4, 0.5) is 10.1 Å². The van der Waals surface area contributed by atoms with Gasteiger partial charge in [0.25, 0.3) is 0 Å². The number of hydrogen-bond acceptors (Lipinski definition) is 4. The van der Waals surface area contributed by atoms with Gasteiger partial charge in [0.05, 0.1) is 16.3 Å². The maximum absolute atomic E-state index is 13.2. The number of aryl methyl sites for hydroxylation is 1. The molecule has 0 radical (unpaired) electrons. The predicted molar refractivity (Wildman–Crippen MR) is 76.9 cm³/mol. The molecule has 0 aliphatic heterocycles. The number of terminal acetylenes is 1. The maximum Gasteiger partial charge on any atom is 0.240 e. The highest BCUT2D eigenvalue weighted by molar-refractivity contribution is 7.99. The average molecular weight is 302 g/mol. The molecule has 0 aliphatic rings. The van der Waals surface area contributed by atoms with E-state index in [-0.39, 0.29) is 17.1 Å². The van der Waals surface area contributed by atoms with Crippen molar-refractivity contribution in [3.05, 3.63) is 23.5 Å². The van der Waals surface area contributed by atoms with Crippen molar-refractivity contribution in [2.45, 2.75) is 11.8 Å². The Balaban J connectivity index is 2.78. The van der Waals surface area contributed by atoms with Gasteiger partial charge in [-0.15, -0.1) is 18.2 Å². The minimum absolute atomic E-state index is 0.00616. The minimum Gasteiger partial charge on any atom is -0.396 e. The summed E-state index contributed by atoms with van der Waals surface area (Å²) in [7, 11) is -3.68. The molecule has 0 aliphatic carbocycles. The zero-order chi connectivity index (χ0) is 14.5. The van der Waals surface area contributed by atoms with E-state index in [1.165, 1.54) is 18.7 Å². The van der Waals surface area contributed by atoms with E-state index in [0.29, 0.717) is 17.1 Å². The molecular weight excluding hydrogens is 287 g/mol. The second kappa shape index (κ2) is 6.80. The number of thioether (sulfide) groups is 1. The first kappa shape index (κ1) is 15.8. The van der Waals surface area contributed by atoms with Gasteiger partial charge in [-0.05, 0) is 24.6 Å². The predicted octanol–water partition coefficient (Wildman–Crippen LogP) is 1.36. The highest BCUT2D eigenvalue weighted by atomic mass is 32.2. The summed E-state index contributed by atoms with van der Waals surface area (Å²) in [6.07, 6.45) is 5.08. The van der Waals surface area contributed by atoms with Gasteiger partial charge >= 0.3 is 0 Å². The van der Waals surface area contributed by atoms with Gasteiger partial charge in [0, 0.05) is 12.3 Å². The van der Waals surface area contributed by atoms with E-state index in [2.05, 4.69) is 10.6 Å². The smallest absolute Gasteiger partial charge is 0.240 e. The molecule has 4 nitrogen and oxygen atoms in total. The Bertz CT molecular complexity index is 594. The molecule has 0 atom stereocenters. The van der Waals surface area contributed by atoms with Crippen LogP contribution >= 0.6 is 11.8 Å². The number of rotatable bonds is 6. The van der Waals surface area contributed by atoms with Crippen LogP contribution in [0.15, 0.2) is 17.0 Å². The molecule has 0 saturated heterocycles. The van der Waals surface area contributed by atoms with E-state index in [4.69, 9.17) is 12.2 Å². The van der Waals surface area contributed by atoms with Crippen molar-refractivity contribution in [3.63, 3.8) is 0 Å². The summed E-state index contributed by atoms with van der Waals surface area (Å²) in [6, 6.07) is 2.23. The molecule has 19 heavy (non-hydrogen) atoms. The van der Waals surface area contributed by atoms with Crippen molar-refractivity contribution in [1.29, 1.82) is 0 Å². The lowest BCUT2D eigenvalue weighted by Crippen LogP contribution is -2.27. The van der Waals surface area contributed by atoms with Crippen LogP contribution in [-0.2, 0) is 10.0 Å². The Labute approximate surface area is 117 Å². The van der Waals surface area contributed by atoms with E-state index in [9.17, 15) is 12.8 Å². The number of halogens is 1. The average Bonchev–Trinajstić information content (AvgIpc) is 2.33. The van der Waals surface area contributed by atoms with Gasteiger partial charge < -0.3 is 5.73 Å². The Kier molecular flexibility index (Phi) is 5.66. The summed E-state index contributed by atoms with van der Waals surface area (Å²) in [4.78, 5) is -0.00616.